The van der Waals surface area contributed by atoms with Crippen molar-refractivity contribution in [2.75, 3.05) is 6.54 Å². The maximum atomic E-state index is 11.6. The van der Waals surface area contributed by atoms with E-state index in [4.69, 9.17) is 8.83 Å². The third kappa shape index (κ3) is 3.61. The topological polar surface area (TPSA) is 83.9 Å². The van der Waals surface area contributed by atoms with E-state index in [1.54, 1.807) is 6.92 Å². The first kappa shape index (κ1) is 15.3. The first-order chi connectivity index (χ1) is 10.5. The van der Waals surface area contributed by atoms with E-state index < -0.39 is 17.8 Å². The third-order valence-electron chi connectivity index (χ3n) is 4.94. The minimum absolute atomic E-state index is 0.324. The number of hydrogen-bond acceptors (Lipinski definition) is 5. The van der Waals surface area contributed by atoms with Crippen molar-refractivity contribution in [2.24, 2.45) is 11.8 Å². The number of aryl methyl sites for hydroxylation is 1. The van der Waals surface area contributed by atoms with Crippen molar-refractivity contribution < 1.29 is 18.7 Å². The molecule has 0 aromatic carbocycles. The number of rotatable bonds is 5. The SMILES string of the molecule is Cc1oc(=O)oc1CN1CCC(CC2CC2)CCC1C(=O)O. The predicted octanol–water partition coefficient (Wildman–Crippen LogP) is 2.40. The number of carboxylic acid groups (broad SMARTS) is 1. The van der Waals surface area contributed by atoms with Crippen molar-refractivity contribution in [2.45, 2.75) is 58.0 Å². The van der Waals surface area contributed by atoms with E-state index in [1.165, 1.54) is 19.3 Å². The highest BCUT2D eigenvalue weighted by atomic mass is 16.6. The van der Waals surface area contributed by atoms with Gasteiger partial charge in [0.25, 0.3) is 0 Å². The average molecular weight is 309 g/mol. The lowest BCUT2D eigenvalue weighted by Gasteiger charge is -2.25. The average Bonchev–Trinajstić information content (AvgIpc) is 3.22. The molecule has 2 heterocycles. The Labute approximate surface area is 129 Å². The Morgan fingerprint density at radius 1 is 1.18 bits per heavy atom. The Balaban J connectivity index is 1.69. The molecule has 2 atom stereocenters. The van der Waals surface area contributed by atoms with Crippen LogP contribution in [0.2, 0.25) is 0 Å². The minimum Gasteiger partial charge on any atom is -0.480 e. The lowest BCUT2D eigenvalue weighted by Crippen LogP contribution is -2.40. The van der Waals surface area contributed by atoms with Gasteiger partial charge in [0, 0.05) is 0 Å². The van der Waals surface area contributed by atoms with Crippen LogP contribution in [0, 0.1) is 18.8 Å². The summed E-state index contributed by atoms with van der Waals surface area (Å²) < 4.78 is 9.90. The van der Waals surface area contributed by atoms with Crippen LogP contribution in [0.4, 0.5) is 0 Å². The number of carboxylic acids is 1. The molecule has 2 unspecified atom stereocenters. The van der Waals surface area contributed by atoms with Crippen molar-refractivity contribution in [1.29, 1.82) is 0 Å². The van der Waals surface area contributed by atoms with Gasteiger partial charge >= 0.3 is 11.8 Å². The van der Waals surface area contributed by atoms with Crippen molar-refractivity contribution in [3.05, 3.63) is 22.1 Å². The van der Waals surface area contributed by atoms with Gasteiger partial charge in [-0.2, -0.15) is 0 Å². The second kappa shape index (κ2) is 6.28. The molecule has 1 aromatic heterocycles. The predicted molar refractivity (Wildman–Crippen MR) is 78.5 cm³/mol. The van der Waals surface area contributed by atoms with Crippen LogP contribution in [0.1, 0.15) is 50.0 Å². The molecular formula is C16H23NO5. The second-order valence-corrected chi connectivity index (χ2v) is 6.67. The number of nitrogens with zero attached hydrogens (tertiary/aromatic N) is 1. The monoisotopic (exact) mass is 309 g/mol. The molecule has 6 heteroatoms. The molecule has 1 saturated carbocycles. The summed E-state index contributed by atoms with van der Waals surface area (Å²) in [6.45, 7) is 2.72. The Kier molecular flexibility index (Phi) is 4.38. The van der Waals surface area contributed by atoms with E-state index in [0.717, 1.165) is 25.3 Å². The van der Waals surface area contributed by atoms with Gasteiger partial charge in [0.05, 0.1) is 6.54 Å². The van der Waals surface area contributed by atoms with E-state index in [-0.39, 0.29) is 0 Å². The van der Waals surface area contributed by atoms with Crippen molar-refractivity contribution in [3.63, 3.8) is 0 Å². The van der Waals surface area contributed by atoms with Crippen molar-refractivity contribution in [1.82, 2.24) is 4.90 Å². The largest absolute Gasteiger partial charge is 0.519 e. The Hall–Kier alpha value is -1.56. The first-order valence-corrected chi connectivity index (χ1v) is 8.09. The summed E-state index contributed by atoms with van der Waals surface area (Å²) in [6.07, 6.45) is 6.55. The minimum atomic E-state index is -0.796. The maximum Gasteiger partial charge on any atom is 0.519 e. The zero-order valence-corrected chi connectivity index (χ0v) is 12.9. The highest BCUT2D eigenvalue weighted by Crippen LogP contribution is 2.39. The number of hydrogen-bond donors (Lipinski definition) is 1. The van der Waals surface area contributed by atoms with Crippen LogP contribution in [0.5, 0.6) is 0 Å². The van der Waals surface area contributed by atoms with Crippen LogP contribution in [0.25, 0.3) is 0 Å². The first-order valence-electron chi connectivity index (χ1n) is 8.09. The van der Waals surface area contributed by atoms with Crippen molar-refractivity contribution in [3.8, 4) is 0 Å². The quantitative estimate of drug-likeness (QED) is 0.899. The van der Waals surface area contributed by atoms with E-state index in [1.807, 2.05) is 4.90 Å². The van der Waals surface area contributed by atoms with Gasteiger partial charge in [0.1, 0.15) is 11.8 Å². The molecule has 0 radical (unpaired) electrons. The maximum absolute atomic E-state index is 11.6. The van der Waals surface area contributed by atoms with Crippen LogP contribution < -0.4 is 5.82 Å². The summed E-state index contributed by atoms with van der Waals surface area (Å²) in [5.41, 5.74) is 0. The van der Waals surface area contributed by atoms with E-state index in [2.05, 4.69) is 0 Å². The summed E-state index contributed by atoms with van der Waals surface area (Å²) in [5.74, 6) is 0.854. The standard InChI is InChI=1S/C16H23NO5/c1-10-14(22-16(20)21-10)9-17-7-6-12(8-11-2-3-11)4-5-13(17)15(18)19/h11-13H,2-9H2,1H3,(H,18,19). The fraction of sp³-hybridized carbons (Fsp3) is 0.750. The molecule has 0 spiro atoms. The molecule has 0 bridgehead atoms. The summed E-state index contributed by atoms with van der Waals surface area (Å²) >= 11 is 0. The fourth-order valence-electron chi connectivity index (χ4n) is 3.46. The molecule has 1 aliphatic carbocycles. The van der Waals surface area contributed by atoms with Gasteiger partial charge in [-0.3, -0.25) is 9.69 Å². The normalized spacial score (nSPS) is 26.8. The molecule has 2 fully saturated rings. The van der Waals surface area contributed by atoms with E-state index >= 15 is 0 Å². The number of carbonyl (C=O) groups is 1. The van der Waals surface area contributed by atoms with Gasteiger partial charge in [-0.15, -0.1) is 0 Å². The summed E-state index contributed by atoms with van der Waals surface area (Å²) in [7, 11) is 0. The second-order valence-electron chi connectivity index (χ2n) is 6.67. The molecule has 122 valence electrons. The van der Waals surface area contributed by atoms with Gasteiger partial charge in [-0.25, -0.2) is 4.79 Å². The molecule has 1 aliphatic heterocycles. The zero-order valence-electron chi connectivity index (χ0n) is 12.9. The Bertz CT molecular complexity index is 586. The molecule has 1 aromatic rings. The van der Waals surface area contributed by atoms with Gasteiger partial charge in [0.15, 0.2) is 5.76 Å². The number of likely N-dealkylation sites (tertiary alicyclic amines) is 1. The van der Waals surface area contributed by atoms with Gasteiger partial charge in [-0.05, 0) is 51.0 Å². The van der Waals surface area contributed by atoms with Crippen LogP contribution in [0.15, 0.2) is 13.6 Å². The van der Waals surface area contributed by atoms with E-state index in [0.29, 0.717) is 30.4 Å². The molecule has 6 nitrogen and oxygen atoms in total. The molecule has 0 amide bonds. The summed E-state index contributed by atoms with van der Waals surface area (Å²) in [4.78, 5) is 24.6. The van der Waals surface area contributed by atoms with Crippen LogP contribution in [-0.2, 0) is 11.3 Å². The molecule has 22 heavy (non-hydrogen) atoms. The molecule has 1 saturated heterocycles. The molecule has 3 rings (SSSR count). The Morgan fingerprint density at radius 2 is 1.86 bits per heavy atom. The lowest BCUT2D eigenvalue weighted by molar-refractivity contribution is -0.143. The molecular weight excluding hydrogens is 286 g/mol. The fourth-order valence-corrected chi connectivity index (χ4v) is 3.46. The van der Waals surface area contributed by atoms with Crippen LogP contribution in [-0.4, -0.2) is 28.6 Å². The zero-order chi connectivity index (χ0) is 15.7. The van der Waals surface area contributed by atoms with Crippen molar-refractivity contribution >= 4 is 5.97 Å². The highest BCUT2D eigenvalue weighted by Gasteiger charge is 2.33. The molecule has 2 aliphatic rings. The van der Waals surface area contributed by atoms with Crippen LogP contribution >= 0.6 is 0 Å². The van der Waals surface area contributed by atoms with E-state index in [9.17, 15) is 14.7 Å². The van der Waals surface area contributed by atoms with Gasteiger partial charge in [-0.1, -0.05) is 12.8 Å². The molecule has 1 N–H and O–H groups in total. The number of aliphatic carboxylic acids is 1. The summed E-state index contributed by atoms with van der Waals surface area (Å²) in [6, 6.07) is -0.510. The highest BCUT2D eigenvalue weighted by molar-refractivity contribution is 5.73. The van der Waals surface area contributed by atoms with Crippen LogP contribution in [0.3, 0.4) is 0 Å². The lowest BCUT2D eigenvalue weighted by atomic mass is 9.93. The smallest absolute Gasteiger partial charge is 0.480 e. The third-order valence-corrected chi connectivity index (χ3v) is 4.94. The van der Waals surface area contributed by atoms with Gasteiger partial charge < -0.3 is 13.9 Å². The Morgan fingerprint density at radius 3 is 2.45 bits per heavy atom. The summed E-state index contributed by atoms with van der Waals surface area (Å²) in [5, 5.41) is 9.51. The van der Waals surface area contributed by atoms with Gasteiger partial charge in [0.2, 0.25) is 0 Å².